The minimum atomic E-state index is -4.62. The number of allylic oxidation sites excluding steroid dienone is 2. The van der Waals surface area contributed by atoms with Crippen molar-refractivity contribution in [2.24, 2.45) is 11.8 Å². The van der Waals surface area contributed by atoms with Crippen LogP contribution >= 0.6 is 0 Å². The van der Waals surface area contributed by atoms with E-state index in [1.165, 1.54) is 334 Å². The molecule has 11 heteroatoms. The van der Waals surface area contributed by atoms with Crippen molar-refractivity contribution in [3.8, 4) is 0 Å². The second kappa shape index (κ2) is 71.2. The average Bonchev–Trinajstić information content (AvgIpc) is 3.43. The molecule has 0 N–H and O–H groups in total. The Hall–Kier alpha value is 0.480. The van der Waals surface area contributed by atoms with Gasteiger partial charge in [-0.15, -0.1) is 0 Å². The molecule has 0 fully saturated rings. The van der Waals surface area contributed by atoms with E-state index in [4.69, 9.17) is 0 Å². The summed E-state index contributed by atoms with van der Waals surface area (Å²) in [5.41, 5.74) is 0. The summed E-state index contributed by atoms with van der Waals surface area (Å²) in [4.78, 5) is 0. The van der Waals surface area contributed by atoms with Crippen LogP contribution in [0.25, 0.3) is 0 Å². The number of unbranched alkanes of at least 4 members (excludes halogenated alkanes) is 52. The van der Waals surface area contributed by atoms with E-state index >= 15 is 0 Å². The molecule has 0 spiro atoms. The molecule has 0 bridgehead atoms. The predicted octanol–water partition coefficient (Wildman–Crippen LogP) is 23.6. The van der Waals surface area contributed by atoms with Gasteiger partial charge in [0.25, 0.3) is 0 Å². The van der Waals surface area contributed by atoms with E-state index in [0.717, 1.165) is 38.5 Å². The van der Waals surface area contributed by atoms with Crippen molar-refractivity contribution in [2.75, 3.05) is 13.2 Å². The third-order valence-corrected chi connectivity index (χ3v) is 17.3. The largest absolute Gasteiger partial charge is 2.00 e. The normalized spacial score (nSPS) is 12.8. The predicted molar refractivity (Wildman–Crippen MR) is 353 cm³/mol. The zero-order chi connectivity index (χ0) is 58.8. The van der Waals surface area contributed by atoms with Gasteiger partial charge in [0.1, 0.15) is 0 Å². The maximum atomic E-state index is 10.9. The van der Waals surface area contributed by atoms with Gasteiger partial charge in [-0.05, 0) is 38.5 Å². The quantitative estimate of drug-likeness (QED) is 0.0193. The number of rotatable bonds is 66. The van der Waals surface area contributed by atoms with Crippen LogP contribution < -0.4 is 0 Å². The molecule has 0 radical (unpaired) electrons. The molecule has 2 atom stereocenters. The van der Waals surface area contributed by atoms with Gasteiger partial charge in [0, 0.05) is 11.8 Å². The topological polar surface area (TPSA) is 133 Å². The summed E-state index contributed by atoms with van der Waals surface area (Å²) >= 11 is 0. The zero-order valence-electron chi connectivity index (χ0n) is 54.7. The molecule has 8 nitrogen and oxygen atoms in total. The second-order valence-corrected chi connectivity index (χ2v) is 26.7. The van der Waals surface area contributed by atoms with Gasteiger partial charge in [-0.3, -0.25) is 8.37 Å². The molecule has 0 aliphatic heterocycles. The molecule has 480 valence electrons. The molecular formula is C70H138CaO8S2. The van der Waals surface area contributed by atoms with Crippen molar-refractivity contribution < 1.29 is 34.3 Å². The van der Waals surface area contributed by atoms with Gasteiger partial charge in [0.05, 0.1) is 13.2 Å². The molecule has 0 amide bonds. The second-order valence-electron chi connectivity index (χ2n) is 24.6. The summed E-state index contributed by atoms with van der Waals surface area (Å²) in [6.07, 6.45) is 84.9. The summed E-state index contributed by atoms with van der Waals surface area (Å²) in [6, 6.07) is 0. The van der Waals surface area contributed by atoms with Crippen molar-refractivity contribution in [1.82, 2.24) is 0 Å². The molecule has 0 aromatic heterocycles. The van der Waals surface area contributed by atoms with Gasteiger partial charge in [-0.1, -0.05) is 386 Å². The molecule has 0 saturated heterocycles. The first-order valence-electron chi connectivity index (χ1n) is 35.5. The van der Waals surface area contributed by atoms with E-state index < -0.39 is 20.8 Å². The van der Waals surface area contributed by atoms with Crippen LogP contribution in [0.5, 0.6) is 0 Å². The van der Waals surface area contributed by atoms with Gasteiger partial charge < -0.3 is 9.11 Å². The van der Waals surface area contributed by atoms with Crippen LogP contribution in [0.15, 0.2) is 24.3 Å². The monoisotopic (exact) mass is 1210 g/mol. The first kappa shape index (κ1) is 85.7. The van der Waals surface area contributed by atoms with E-state index in [1.807, 2.05) is 0 Å². The summed E-state index contributed by atoms with van der Waals surface area (Å²) < 4.78 is 74.7. The Bertz CT molecular complexity index is 1350. The Kier molecular flexibility index (Phi) is 75.4. The van der Waals surface area contributed by atoms with Gasteiger partial charge in [0.15, 0.2) is 0 Å². The van der Waals surface area contributed by atoms with Crippen molar-refractivity contribution in [3.05, 3.63) is 24.3 Å². The van der Waals surface area contributed by atoms with E-state index in [0.29, 0.717) is 0 Å². The fourth-order valence-electron chi connectivity index (χ4n) is 11.2. The Morgan fingerprint density at radius 1 is 0.272 bits per heavy atom. The SMILES string of the molecule is CCCCCCCCCCCCCCCCCCC/C=C/C(CCCCCCCCCCCC)COS(=O)(=O)[O-].CCCCCCCCCCCCCCCCCCC/C=C/C(CCCCCCCCCCCC)COS(=O)(=O)[O-].[Ca+2]. The van der Waals surface area contributed by atoms with Crippen molar-refractivity contribution in [2.45, 2.75) is 400 Å². The zero-order valence-corrected chi connectivity index (χ0v) is 58.5. The average molecular weight is 1210 g/mol. The Morgan fingerprint density at radius 2 is 0.432 bits per heavy atom. The van der Waals surface area contributed by atoms with E-state index in [-0.39, 0.29) is 62.8 Å². The molecule has 0 rings (SSSR count). The third kappa shape index (κ3) is 80.5. The van der Waals surface area contributed by atoms with Crippen LogP contribution in [0.3, 0.4) is 0 Å². The maximum absolute atomic E-state index is 10.9. The molecule has 0 aromatic rings. The molecule has 2 unspecified atom stereocenters. The molecule has 0 heterocycles. The van der Waals surface area contributed by atoms with Crippen LogP contribution in [0.2, 0.25) is 0 Å². The van der Waals surface area contributed by atoms with Gasteiger partial charge in [-0.25, -0.2) is 16.8 Å². The molecule has 0 saturated carbocycles. The Morgan fingerprint density at radius 3 is 0.605 bits per heavy atom. The van der Waals surface area contributed by atoms with Crippen molar-refractivity contribution >= 4 is 58.5 Å². The van der Waals surface area contributed by atoms with Gasteiger partial charge >= 0.3 is 37.7 Å². The minimum Gasteiger partial charge on any atom is -0.726 e. The molecular weight excluding hydrogens is 1070 g/mol. The van der Waals surface area contributed by atoms with Crippen LogP contribution in [-0.4, -0.2) is 76.9 Å². The summed E-state index contributed by atoms with van der Waals surface area (Å²) in [6.45, 7) is 9.04. The fraction of sp³-hybridized carbons (Fsp3) is 0.943. The molecule has 0 aromatic carbocycles. The van der Waals surface area contributed by atoms with Crippen molar-refractivity contribution in [1.29, 1.82) is 0 Å². The molecule has 0 aliphatic carbocycles. The van der Waals surface area contributed by atoms with Crippen LogP contribution in [0.1, 0.15) is 400 Å². The summed E-state index contributed by atoms with van der Waals surface area (Å²) in [5, 5.41) is 0. The first-order valence-corrected chi connectivity index (χ1v) is 38.2. The summed E-state index contributed by atoms with van der Waals surface area (Å²) in [7, 11) is -9.24. The third-order valence-electron chi connectivity index (χ3n) is 16.5. The Balaban J connectivity index is -0.00000148. The van der Waals surface area contributed by atoms with E-state index in [1.54, 1.807) is 0 Å². The first-order chi connectivity index (χ1) is 39.0. The van der Waals surface area contributed by atoms with Crippen LogP contribution in [-0.2, 0) is 29.2 Å². The standard InChI is InChI=1S/2C35H70O4S.Ca/c2*1-3-5-7-9-11-13-15-16-17-18-19-20-21-22-23-25-27-29-31-33-35(34-39-40(36,37)38)32-30-28-26-24-14-12-10-8-6-4-2;/h2*31,33,35H,3-30,32,34H2,1-2H3,(H,36,37,38);/q;;+2/p-2/b2*33-31+;. The molecule has 81 heavy (non-hydrogen) atoms. The van der Waals surface area contributed by atoms with Crippen molar-refractivity contribution in [3.63, 3.8) is 0 Å². The van der Waals surface area contributed by atoms with E-state index in [9.17, 15) is 25.9 Å². The van der Waals surface area contributed by atoms with Crippen LogP contribution in [0, 0.1) is 11.8 Å². The van der Waals surface area contributed by atoms with Crippen LogP contribution in [0.4, 0.5) is 0 Å². The maximum Gasteiger partial charge on any atom is 2.00 e. The van der Waals surface area contributed by atoms with E-state index in [2.05, 4.69) is 60.4 Å². The Labute approximate surface area is 538 Å². The molecule has 0 aliphatic rings. The smallest absolute Gasteiger partial charge is 0.726 e. The number of hydrogen-bond donors (Lipinski definition) is 0. The van der Waals surface area contributed by atoms with Gasteiger partial charge in [0.2, 0.25) is 20.8 Å². The fourth-order valence-corrected chi connectivity index (χ4v) is 11.8. The minimum absolute atomic E-state index is 0. The van der Waals surface area contributed by atoms with Gasteiger partial charge in [-0.2, -0.15) is 0 Å². The number of hydrogen-bond acceptors (Lipinski definition) is 8. The summed E-state index contributed by atoms with van der Waals surface area (Å²) in [5.74, 6) is 0.0344.